The maximum Gasteiger partial charge on any atom is 0.336 e. The topological polar surface area (TPSA) is 664 Å². The number of hydrogen-bond donors (Lipinski definition) is 21. The molecule has 0 amide bonds. The Kier molecular flexibility index (Phi) is 34.1. The molecule has 0 aromatic rings. The second-order valence-corrected chi connectivity index (χ2v) is 11.5. The molecular formula is C29H42O35. The summed E-state index contributed by atoms with van der Waals surface area (Å²) in [6.45, 7) is 1.20. The first-order valence-electron chi connectivity index (χ1n) is 15.5. The molecule has 35 heteroatoms. The van der Waals surface area contributed by atoms with E-state index in [2.05, 4.69) is 0 Å². The zero-order valence-electron chi connectivity index (χ0n) is 31.9. The van der Waals surface area contributed by atoms with Crippen molar-refractivity contribution in [3.8, 4) is 0 Å². The third-order valence-electron chi connectivity index (χ3n) is 5.67. The van der Waals surface area contributed by atoms with Crippen molar-refractivity contribution in [2.45, 2.75) is 93.1 Å². The molecule has 0 aromatic carbocycles. The van der Waals surface area contributed by atoms with Crippen LogP contribution in [0.1, 0.15) is 51.9 Å². The Labute approximate surface area is 351 Å². The summed E-state index contributed by atoms with van der Waals surface area (Å²) >= 11 is 0. The predicted octanol–water partition coefficient (Wildman–Crippen LogP) is -7.51. The Hall–Kier alpha value is -7.70. The summed E-state index contributed by atoms with van der Waals surface area (Å²) in [4.78, 5) is 140. The molecule has 64 heavy (non-hydrogen) atoms. The summed E-state index contributed by atoms with van der Waals surface area (Å²) in [6.07, 6.45) is -15.2. The van der Waals surface area contributed by atoms with E-state index in [1.54, 1.807) is 0 Å². The second kappa shape index (κ2) is 32.1. The van der Waals surface area contributed by atoms with E-state index in [-0.39, 0.29) is 0 Å². The fourth-order valence-electron chi connectivity index (χ4n) is 2.67. The maximum absolute atomic E-state index is 10.3. The van der Waals surface area contributed by atoms with Gasteiger partial charge in [0.2, 0.25) is 0 Å². The third-order valence-corrected chi connectivity index (χ3v) is 5.67. The Morgan fingerprint density at radius 2 is 0.500 bits per heavy atom. The molecule has 368 valence electrons. The number of aliphatic hydroxyl groups is 7. The Bertz CT molecular complexity index is 1480. The summed E-state index contributed by atoms with van der Waals surface area (Å²) < 4.78 is 0. The van der Waals surface area contributed by atoms with Gasteiger partial charge in [-0.15, -0.1) is 0 Å². The number of rotatable bonds is 22. The molecule has 0 aliphatic carbocycles. The van der Waals surface area contributed by atoms with Crippen LogP contribution in [0, 0.1) is 0 Å². The summed E-state index contributed by atoms with van der Waals surface area (Å²) in [6, 6.07) is 0. The molecular weight excluding hydrogens is 908 g/mol. The fraction of sp³-hybridized carbons (Fsp3) is 0.517. The van der Waals surface area contributed by atoms with Gasteiger partial charge in [0, 0.05) is 0 Å². The molecule has 35 nitrogen and oxygen atoms in total. The Balaban J connectivity index is -0.000000160. The van der Waals surface area contributed by atoms with Gasteiger partial charge in [-0.25, -0.2) is 33.6 Å². The number of carbonyl (C=O) groups is 14. The largest absolute Gasteiger partial charge is 0.481 e. The van der Waals surface area contributed by atoms with Crippen LogP contribution in [-0.4, -0.2) is 232 Å². The van der Waals surface area contributed by atoms with Crippen LogP contribution in [0.25, 0.3) is 0 Å². The minimum atomic E-state index is -2.74. The number of carboxylic acid groups (broad SMARTS) is 14. The summed E-state index contributed by atoms with van der Waals surface area (Å²) in [7, 11) is 0. The number of carboxylic acids is 14. The molecule has 0 saturated heterocycles. The molecule has 0 bridgehead atoms. The third kappa shape index (κ3) is 37.3. The first-order valence-corrected chi connectivity index (χ1v) is 15.5. The van der Waals surface area contributed by atoms with Crippen molar-refractivity contribution in [3.63, 3.8) is 0 Å². The Morgan fingerprint density at radius 3 is 0.562 bits per heavy atom. The second-order valence-electron chi connectivity index (χ2n) is 11.5. The van der Waals surface area contributed by atoms with E-state index < -0.39 is 170 Å². The summed E-state index contributed by atoms with van der Waals surface area (Å²) in [5, 5.41) is 174. The number of aliphatic carboxylic acids is 14. The monoisotopic (exact) mass is 950 g/mol. The van der Waals surface area contributed by atoms with Crippen molar-refractivity contribution >= 4 is 83.6 Å². The van der Waals surface area contributed by atoms with Crippen LogP contribution in [0.5, 0.6) is 0 Å². The van der Waals surface area contributed by atoms with E-state index >= 15 is 0 Å². The zero-order chi connectivity index (χ0) is 52.8. The van der Waals surface area contributed by atoms with Crippen molar-refractivity contribution in [1.82, 2.24) is 0 Å². The van der Waals surface area contributed by atoms with Crippen LogP contribution < -0.4 is 0 Å². The minimum absolute atomic E-state index is 0.755. The normalized spacial score (nSPS) is 12.1. The Morgan fingerprint density at radius 1 is 0.328 bits per heavy atom. The van der Waals surface area contributed by atoms with Gasteiger partial charge in [-0.3, -0.25) is 33.6 Å². The molecule has 0 radical (unpaired) electrons. The van der Waals surface area contributed by atoms with Gasteiger partial charge in [-0.05, 0) is 6.92 Å². The lowest BCUT2D eigenvalue weighted by Crippen LogP contribution is -2.42. The molecule has 0 aliphatic rings. The minimum Gasteiger partial charge on any atom is -0.481 e. The van der Waals surface area contributed by atoms with Gasteiger partial charge in [0.15, 0.2) is 35.1 Å². The van der Waals surface area contributed by atoms with Crippen molar-refractivity contribution in [3.05, 3.63) is 0 Å². The summed E-state index contributed by atoms with van der Waals surface area (Å²) in [5.74, 6) is -22.6. The fourth-order valence-corrected chi connectivity index (χ4v) is 2.67. The first-order chi connectivity index (χ1) is 28.5. The SMILES string of the molecule is CC(O)C(=O)O.O=C(O)C(O)C(O)C(=O)O.O=C(O)CC(O)(CC(=O)O)C(=O)O.O=C(O)CC(O)(CC(=O)O)C(=O)O.O=C(O)CC(O)(CC(=O)O)C(=O)O.O=C(O)CC(O)C(=O)O. The quantitative estimate of drug-likeness (QED) is 0.0479. The van der Waals surface area contributed by atoms with Gasteiger partial charge >= 0.3 is 83.6 Å². The lowest BCUT2D eigenvalue weighted by molar-refractivity contribution is -0.170. The molecule has 0 rings (SSSR count). The predicted molar refractivity (Wildman–Crippen MR) is 184 cm³/mol. The molecule has 0 aromatic heterocycles. The van der Waals surface area contributed by atoms with E-state index in [9.17, 15) is 67.1 Å². The number of hydrogen-bond acceptors (Lipinski definition) is 21. The maximum atomic E-state index is 10.3. The highest BCUT2D eigenvalue weighted by Crippen LogP contribution is 2.17. The van der Waals surface area contributed by atoms with Crippen LogP contribution in [0.15, 0.2) is 0 Å². The molecule has 0 aliphatic heterocycles. The van der Waals surface area contributed by atoms with Gasteiger partial charge in [0.25, 0.3) is 0 Å². The molecule has 4 unspecified atom stereocenters. The van der Waals surface area contributed by atoms with E-state index in [1.165, 1.54) is 6.92 Å². The first kappa shape index (κ1) is 68.0. The average molecular weight is 951 g/mol. The highest BCUT2D eigenvalue weighted by molar-refractivity contribution is 5.89. The van der Waals surface area contributed by atoms with E-state index in [0.29, 0.717) is 0 Å². The van der Waals surface area contributed by atoms with E-state index in [0.717, 1.165) is 0 Å². The lowest BCUT2D eigenvalue weighted by atomic mass is 9.96. The highest BCUT2D eigenvalue weighted by Gasteiger charge is 2.42. The van der Waals surface area contributed by atoms with Crippen LogP contribution in [0.4, 0.5) is 0 Å². The van der Waals surface area contributed by atoms with Crippen LogP contribution in [-0.2, 0) is 67.1 Å². The molecule has 0 fully saturated rings. The van der Waals surface area contributed by atoms with E-state index in [1.807, 2.05) is 0 Å². The van der Waals surface area contributed by atoms with Crippen molar-refractivity contribution < 1.29 is 174 Å². The van der Waals surface area contributed by atoms with Crippen molar-refractivity contribution in [2.75, 3.05) is 0 Å². The average Bonchev–Trinajstić information content (AvgIpc) is 3.06. The van der Waals surface area contributed by atoms with Gasteiger partial charge < -0.3 is 107 Å². The van der Waals surface area contributed by atoms with Crippen LogP contribution in [0.3, 0.4) is 0 Å². The standard InChI is InChI=1S/3C6H8O7.C4H6O6.C4H6O5.C3H6O3/c3*7-3(8)1-6(13,5(11)12)2-4(9)10;5-1(3(7)8)2(6)4(9)10;5-2(4(8)9)1-3(6)7;1-2(4)3(5)6/h3*13H,1-2H2,(H,7,8)(H,9,10)(H,11,12);1-2,5-6H,(H,7,8)(H,9,10);2,5H,1H2,(H,6,7)(H,8,9);2,4H,1H3,(H,5,6). The molecule has 0 saturated carbocycles. The van der Waals surface area contributed by atoms with Crippen LogP contribution in [0.2, 0.25) is 0 Å². The molecule has 0 spiro atoms. The molecule has 0 heterocycles. The highest BCUT2D eigenvalue weighted by atomic mass is 16.5. The smallest absolute Gasteiger partial charge is 0.336 e. The lowest BCUT2D eigenvalue weighted by Gasteiger charge is -2.18. The molecule has 21 N–H and O–H groups in total. The summed E-state index contributed by atoms with van der Waals surface area (Å²) in [5.41, 5.74) is -8.22. The van der Waals surface area contributed by atoms with Crippen LogP contribution >= 0.6 is 0 Å². The van der Waals surface area contributed by atoms with Gasteiger partial charge in [0.05, 0.1) is 44.9 Å². The van der Waals surface area contributed by atoms with Crippen molar-refractivity contribution in [2.24, 2.45) is 0 Å². The van der Waals surface area contributed by atoms with Gasteiger partial charge in [-0.2, -0.15) is 0 Å². The van der Waals surface area contributed by atoms with E-state index in [4.69, 9.17) is 107 Å². The molecule has 4 atom stereocenters. The van der Waals surface area contributed by atoms with Crippen molar-refractivity contribution in [1.29, 1.82) is 0 Å². The van der Waals surface area contributed by atoms with Gasteiger partial charge in [-0.1, -0.05) is 0 Å². The van der Waals surface area contributed by atoms with Gasteiger partial charge in [0.1, 0.15) is 6.10 Å². The zero-order valence-corrected chi connectivity index (χ0v) is 31.9. The number of aliphatic hydroxyl groups excluding tert-OH is 4.